The Morgan fingerprint density at radius 3 is 2.65 bits per heavy atom. The monoisotopic (exact) mass is 313 g/mol. The zero-order valence-electron chi connectivity index (χ0n) is 14.1. The SMILES string of the molecule is Cc1ccc(OCCCNC[C@H](C)O)c(Cc2ccccc2)c1. The third-order valence-corrected chi connectivity index (χ3v) is 3.65. The molecule has 0 heterocycles. The minimum absolute atomic E-state index is 0.300. The van der Waals surface area contributed by atoms with Gasteiger partial charge < -0.3 is 15.2 Å². The molecular weight excluding hydrogens is 286 g/mol. The van der Waals surface area contributed by atoms with Crippen molar-refractivity contribution in [3.8, 4) is 5.75 Å². The molecule has 0 amide bonds. The summed E-state index contributed by atoms with van der Waals surface area (Å²) in [4.78, 5) is 0. The molecule has 0 unspecified atom stereocenters. The normalized spacial score (nSPS) is 12.1. The van der Waals surface area contributed by atoms with Gasteiger partial charge in [0.05, 0.1) is 12.7 Å². The molecule has 0 aliphatic carbocycles. The molecule has 0 saturated carbocycles. The van der Waals surface area contributed by atoms with Gasteiger partial charge in [-0.2, -0.15) is 0 Å². The number of aliphatic hydroxyl groups is 1. The van der Waals surface area contributed by atoms with E-state index in [1.165, 1.54) is 16.7 Å². The molecule has 3 heteroatoms. The molecule has 2 aromatic rings. The average molecular weight is 313 g/mol. The molecule has 0 aliphatic heterocycles. The predicted molar refractivity (Wildman–Crippen MR) is 95.1 cm³/mol. The van der Waals surface area contributed by atoms with Crippen molar-refractivity contribution < 1.29 is 9.84 Å². The van der Waals surface area contributed by atoms with Crippen molar-refractivity contribution in [2.75, 3.05) is 19.7 Å². The Labute approximate surface area is 139 Å². The van der Waals surface area contributed by atoms with Crippen molar-refractivity contribution in [3.05, 3.63) is 65.2 Å². The molecule has 2 N–H and O–H groups in total. The van der Waals surface area contributed by atoms with E-state index in [1.54, 1.807) is 6.92 Å². The number of aryl methyl sites for hydroxylation is 1. The fraction of sp³-hybridized carbons (Fsp3) is 0.400. The first-order valence-corrected chi connectivity index (χ1v) is 8.30. The van der Waals surface area contributed by atoms with Crippen LogP contribution in [0.5, 0.6) is 5.75 Å². The lowest BCUT2D eigenvalue weighted by atomic mass is 10.0. The number of nitrogens with one attached hydrogen (secondary N) is 1. The zero-order valence-corrected chi connectivity index (χ0v) is 14.1. The van der Waals surface area contributed by atoms with Crippen LogP contribution in [-0.2, 0) is 6.42 Å². The summed E-state index contributed by atoms with van der Waals surface area (Å²) in [6, 6.07) is 16.8. The molecule has 3 nitrogen and oxygen atoms in total. The lowest BCUT2D eigenvalue weighted by Gasteiger charge is -2.13. The van der Waals surface area contributed by atoms with Crippen LogP contribution in [0.3, 0.4) is 0 Å². The van der Waals surface area contributed by atoms with Gasteiger partial charge in [0.15, 0.2) is 0 Å². The van der Waals surface area contributed by atoms with Crippen LogP contribution in [0.4, 0.5) is 0 Å². The fourth-order valence-electron chi connectivity index (χ4n) is 2.49. The molecule has 0 saturated heterocycles. The minimum atomic E-state index is -0.300. The first-order chi connectivity index (χ1) is 11.1. The van der Waals surface area contributed by atoms with E-state index in [2.05, 4.69) is 54.7 Å². The molecule has 23 heavy (non-hydrogen) atoms. The molecule has 0 aliphatic rings. The second kappa shape index (κ2) is 9.33. The molecule has 2 rings (SSSR count). The largest absolute Gasteiger partial charge is 0.493 e. The van der Waals surface area contributed by atoms with Crippen molar-refractivity contribution in [3.63, 3.8) is 0 Å². The van der Waals surface area contributed by atoms with Gasteiger partial charge in [-0.05, 0) is 44.0 Å². The van der Waals surface area contributed by atoms with Gasteiger partial charge in [0, 0.05) is 13.0 Å². The van der Waals surface area contributed by atoms with Crippen molar-refractivity contribution >= 4 is 0 Å². The number of hydrogen-bond donors (Lipinski definition) is 2. The highest BCUT2D eigenvalue weighted by Gasteiger charge is 2.05. The average Bonchev–Trinajstić information content (AvgIpc) is 2.53. The highest BCUT2D eigenvalue weighted by molar-refractivity contribution is 5.40. The highest BCUT2D eigenvalue weighted by atomic mass is 16.5. The van der Waals surface area contributed by atoms with Crippen molar-refractivity contribution in [1.29, 1.82) is 0 Å². The van der Waals surface area contributed by atoms with Gasteiger partial charge >= 0.3 is 0 Å². The van der Waals surface area contributed by atoms with Gasteiger partial charge in [-0.15, -0.1) is 0 Å². The van der Waals surface area contributed by atoms with Crippen LogP contribution in [0.1, 0.15) is 30.0 Å². The van der Waals surface area contributed by atoms with E-state index in [0.29, 0.717) is 13.2 Å². The summed E-state index contributed by atoms with van der Waals surface area (Å²) in [5.41, 5.74) is 3.77. The van der Waals surface area contributed by atoms with Crippen molar-refractivity contribution in [2.45, 2.75) is 32.8 Å². The van der Waals surface area contributed by atoms with Gasteiger partial charge in [-0.25, -0.2) is 0 Å². The van der Waals surface area contributed by atoms with E-state index < -0.39 is 0 Å². The van der Waals surface area contributed by atoms with Crippen LogP contribution in [-0.4, -0.2) is 30.9 Å². The Kier molecular flexibility index (Phi) is 7.11. The van der Waals surface area contributed by atoms with E-state index in [1.807, 2.05) is 6.07 Å². The number of ether oxygens (including phenoxy) is 1. The number of hydrogen-bond acceptors (Lipinski definition) is 3. The molecule has 0 radical (unpaired) electrons. The van der Waals surface area contributed by atoms with Crippen LogP contribution in [0, 0.1) is 6.92 Å². The Balaban J connectivity index is 1.88. The molecular formula is C20H27NO2. The maximum atomic E-state index is 9.20. The van der Waals surface area contributed by atoms with Crippen LogP contribution < -0.4 is 10.1 Å². The first-order valence-electron chi connectivity index (χ1n) is 8.30. The van der Waals surface area contributed by atoms with E-state index in [9.17, 15) is 5.11 Å². The van der Waals surface area contributed by atoms with E-state index >= 15 is 0 Å². The topological polar surface area (TPSA) is 41.5 Å². The molecule has 0 bridgehead atoms. The fourth-order valence-corrected chi connectivity index (χ4v) is 2.49. The van der Waals surface area contributed by atoms with Gasteiger partial charge in [0.25, 0.3) is 0 Å². The van der Waals surface area contributed by atoms with Crippen LogP contribution >= 0.6 is 0 Å². The summed E-state index contributed by atoms with van der Waals surface area (Å²) in [5, 5.41) is 12.4. The molecule has 124 valence electrons. The summed E-state index contributed by atoms with van der Waals surface area (Å²) in [6.07, 6.45) is 1.51. The predicted octanol–water partition coefficient (Wildman–Crippen LogP) is 3.33. The molecule has 2 aromatic carbocycles. The lowest BCUT2D eigenvalue weighted by molar-refractivity contribution is 0.190. The molecule has 0 aromatic heterocycles. The quantitative estimate of drug-likeness (QED) is 0.698. The summed E-state index contributed by atoms with van der Waals surface area (Å²) in [6.45, 7) is 6.05. The Hall–Kier alpha value is -1.84. The van der Waals surface area contributed by atoms with Gasteiger partial charge in [0.1, 0.15) is 5.75 Å². The first kappa shape index (κ1) is 17.5. The number of rotatable bonds is 9. The van der Waals surface area contributed by atoms with Gasteiger partial charge in [-0.1, -0.05) is 48.0 Å². The van der Waals surface area contributed by atoms with Gasteiger partial charge in [0.2, 0.25) is 0 Å². The van der Waals surface area contributed by atoms with Crippen molar-refractivity contribution in [1.82, 2.24) is 5.32 Å². The Morgan fingerprint density at radius 2 is 1.91 bits per heavy atom. The lowest BCUT2D eigenvalue weighted by Crippen LogP contribution is -2.26. The van der Waals surface area contributed by atoms with E-state index in [0.717, 1.165) is 25.1 Å². The smallest absolute Gasteiger partial charge is 0.122 e. The Morgan fingerprint density at radius 1 is 1.13 bits per heavy atom. The highest BCUT2D eigenvalue weighted by Crippen LogP contribution is 2.23. The molecule has 0 fully saturated rings. The molecule has 0 spiro atoms. The zero-order chi connectivity index (χ0) is 16.5. The standard InChI is InChI=1S/C20H27NO2/c1-16-9-10-20(23-12-6-11-21-15-17(2)22)19(13-16)14-18-7-4-3-5-8-18/h3-5,7-10,13,17,21-22H,6,11-12,14-15H2,1-2H3/t17-/m0/s1. The minimum Gasteiger partial charge on any atom is -0.493 e. The third-order valence-electron chi connectivity index (χ3n) is 3.65. The second-order valence-electron chi connectivity index (χ2n) is 6.03. The van der Waals surface area contributed by atoms with Crippen LogP contribution in [0.2, 0.25) is 0 Å². The second-order valence-corrected chi connectivity index (χ2v) is 6.03. The van der Waals surface area contributed by atoms with Crippen LogP contribution in [0.15, 0.2) is 48.5 Å². The molecule has 1 atom stereocenters. The van der Waals surface area contributed by atoms with Gasteiger partial charge in [-0.3, -0.25) is 0 Å². The summed E-state index contributed by atoms with van der Waals surface area (Å²) >= 11 is 0. The summed E-state index contributed by atoms with van der Waals surface area (Å²) in [5.74, 6) is 0.968. The van der Waals surface area contributed by atoms with E-state index in [4.69, 9.17) is 4.74 Å². The summed E-state index contributed by atoms with van der Waals surface area (Å²) < 4.78 is 5.97. The summed E-state index contributed by atoms with van der Waals surface area (Å²) in [7, 11) is 0. The maximum absolute atomic E-state index is 9.20. The maximum Gasteiger partial charge on any atom is 0.122 e. The van der Waals surface area contributed by atoms with Crippen molar-refractivity contribution in [2.24, 2.45) is 0 Å². The van der Waals surface area contributed by atoms with E-state index in [-0.39, 0.29) is 6.10 Å². The number of benzene rings is 2. The number of aliphatic hydroxyl groups excluding tert-OH is 1. The van der Waals surface area contributed by atoms with Crippen LogP contribution in [0.25, 0.3) is 0 Å². The Bertz CT molecular complexity index is 581. The third kappa shape index (κ3) is 6.43.